The van der Waals surface area contributed by atoms with Gasteiger partial charge in [0.2, 0.25) is 0 Å². The third-order valence-corrected chi connectivity index (χ3v) is 5.53. The van der Waals surface area contributed by atoms with Crippen LogP contribution in [0.5, 0.6) is 0 Å². The van der Waals surface area contributed by atoms with Gasteiger partial charge in [-0.15, -0.1) is 0 Å². The van der Waals surface area contributed by atoms with Crippen LogP contribution >= 0.6 is 12.6 Å². The van der Waals surface area contributed by atoms with Gasteiger partial charge in [-0.1, -0.05) is 20.8 Å². The fourth-order valence-electron chi connectivity index (χ4n) is 4.32. The van der Waals surface area contributed by atoms with E-state index in [0.29, 0.717) is 16.8 Å². The molecule has 1 aliphatic heterocycles. The fraction of sp³-hybridized carbons (Fsp3) is 1.00. The molecule has 0 unspecified atom stereocenters. The second-order valence-corrected chi connectivity index (χ2v) is 9.12. The summed E-state index contributed by atoms with van der Waals surface area (Å²) in [5.41, 5.74) is 0.414. The summed E-state index contributed by atoms with van der Waals surface area (Å²) in [6, 6.07) is 0. The third-order valence-electron chi connectivity index (χ3n) is 5.22. The largest absolute Gasteiger partial charge is 0.395 e. The zero-order valence-electron chi connectivity index (χ0n) is 15.2. The van der Waals surface area contributed by atoms with Crippen LogP contribution in [0.4, 0.5) is 0 Å². The van der Waals surface area contributed by atoms with Crippen molar-refractivity contribution in [2.75, 3.05) is 52.5 Å². The summed E-state index contributed by atoms with van der Waals surface area (Å²) in [4.78, 5) is 4.80. The van der Waals surface area contributed by atoms with Gasteiger partial charge < -0.3 is 9.84 Å². The maximum atomic E-state index is 9.00. The molecule has 2 rings (SSSR count). The maximum absolute atomic E-state index is 9.00. The van der Waals surface area contributed by atoms with Crippen molar-refractivity contribution >= 4 is 12.6 Å². The number of nitrogens with zero attached hydrogens (tertiary/aromatic N) is 2. The number of aliphatic hydroxyl groups excluding tert-OH is 1. The molecular weight excluding hydrogens is 308 g/mol. The average molecular weight is 345 g/mol. The second kappa shape index (κ2) is 9.04. The van der Waals surface area contributed by atoms with Crippen LogP contribution in [0, 0.1) is 11.3 Å². The maximum Gasteiger partial charge on any atom is 0.0598 e. The Morgan fingerprint density at radius 1 is 1.17 bits per heavy atom. The third kappa shape index (κ3) is 6.91. The minimum Gasteiger partial charge on any atom is -0.395 e. The molecule has 0 radical (unpaired) electrons. The van der Waals surface area contributed by atoms with E-state index in [0.717, 1.165) is 51.8 Å². The van der Waals surface area contributed by atoms with Gasteiger partial charge in [-0.2, -0.15) is 12.6 Å². The van der Waals surface area contributed by atoms with Crippen molar-refractivity contribution in [3.63, 3.8) is 0 Å². The predicted molar refractivity (Wildman–Crippen MR) is 99.3 cm³/mol. The van der Waals surface area contributed by atoms with Crippen LogP contribution in [-0.4, -0.2) is 78.7 Å². The van der Waals surface area contributed by atoms with Crippen LogP contribution in [0.2, 0.25) is 0 Å². The summed E-state index contributed by atoms with van der Waals surface area (Å²) in [7, 11) is 0. The lowest BCUT2D eigenvalue weighted by atomic mass is 9.71. The van der Waals surface area contributed by atoms with E-state index < -0.39 is 0 Å². The first-order chi connectivity index (χ1) is 10.9. The Kier molecular flexibility index (Phi) is 7.67. The first-order valence-corrected chi connectivity index (χ1v) is 9.75. The van der Waals surface area contributed by atoms with E-state index in [-0.39, 0.29) is 6.61 Å². The molecule has 2 aliphatic rings. The van der Waals surface area contributed by atoms with Gasteiger partial charge in [-0.3, -0.25) is 9.80 Å². The van der Waals surface area contributed by atoms with E-state index in [1.54, 1.807) is 0 Å². The quantitative estimate of drug-likeness (QED) is 0.694. The van der Waals surface area contributed by atoms with Crippen molar-refractivity contribution < 1.29 is 9.84 Å². The Morgan fingerprint density at radius 3 is 2.43 bits per heavy atom. The van der Waals surface area contributed by atoms with Gasteiger partial charge in [0.15, 0.2) is 0 Å². The molecule has 1 saturated heterocycles. The van der Waals surface area contributed by atoms with Gasteiger partial charge in [0.25, 0.3) is 0 Å². The molecule has 2 fully saturated rings. The van der Waals surface area contributed by atoms with Gasteiger partial charge in [0.1, 0.15) is 0 Å². The summed E-state index contributed by atoms with van der Waals surface area (Å²) in [5.74, 6) is 0.765. The molecule has 0 bridgehead atoms. The molecule has 1 N–H and O–H groups in total. The summed E-state index contributed by atoms with van der Waals surface area (Å²) in [6.45, 7) is 14.2. The summed E-state index contributed by atoms with van der Waals surface area (Å²) < 4.78 is 6.21. The van der Waals surface area contributed by atoms with Crippen molar-refractivity contribution in [3.8, 4) is 0 Å². The minimum absolute atomic E-state index is 0.263. The average Bonchev–Trinajstić information content (AvgIpc) is 2.45. The molecule has 136 valence electrons. The molecule has 0 aromatic heterocycles. The molecule has 23 heavy (non-hydrogen) atoms. The molecule has 5 heteroatoms. The van der Waals surface area contributed by atoms with Crippen LogP contribution in [-0.2, 0) is 4.74 Å². The van der Waals surface area contributed by atoms with Crippen LogP contribution in [0.25, 0.3) is 0 Å². The number of piperazine rings is 1. The molecule has 0 amide bonds. The molecule has 3 atom stereocenters. The first kappa shape index (κ1) is 19.5. The highest BCUT2D eigenvalue weighted by Gasteiger charge is 2.32. The first-order valence-electron chi connectivity index (χ1n) is 9.23. The SMILES string of the molecule is C[C@@H]1C[C@@H](OC[C@@H](S)CN2CCN(CCO)CC2)CC(C)(C)C1. The summed E-state index contributed by atoms with van der Waals surface area (Å²) >= 11 is 4.75. The number of hydrogen-bond donors (Lipinski definition) is 2. The van der Waals surface area contributed by atoms with E-state index >= 15 is 0 Å². The molecule has 4 nitrogen and oxygen atoms in total. The lowest BCUT2D eigenvalue weighted by Gasteiger charge is -2.39. The van der Waals surface area contributed by atoms with Crippen LogP contribution in [0.3, 0.4) is 0 Å². The summed E-state index contributed by atoms with van der Waals surface area (Å²) in [5, 5.41) is 9.29. The molecule has 1 heterocycles. The second-order valence-electron chi connectivity index (χ2n) is 8.39. The predicted octanol–water partition coefficient (Wildman–Crippen LogP) is 2.13. The van der Waals surface area contributed by atoms with Crippen molar-refractivity contribution in [2.45, 2.75) is 51.4 Å². The number of β-amino-alcohol motifs (C(OH)–C–C–N with tert-alkyl or cyclic N) is 1. The molecule has 0 aromatic rings. The van der Waals surface area contributed by atoms with Gasteiger partial charge in [0.05, 0.1) is 19.3 Å². The number of thiol groups is 1. The van der Waals surface area contributed by atoms with Crippen LogP contribution < -0.4 is 0 Å². The molecular formula is C18H36N2O2S. The molecule has 0 spiro atoms. The van der Waals surface area contributed by atoms with E-state index in [1.807, 2.05) is 0 Å². The van der Waals surface area contributed by atoms with Crippen LogP contribution in [0.1, 0.15) is 40.0 Å². The van der Waals surface area contributed by atoms with E-state index in [2.05, 4.69) is 30.6 Å². The minimum atomic E-state index is 0.263. The van der Waals surface area contributed by atoms with Crippen LogP contribution in [0.15, 0.2) is 0 Å². The summed E-state index contributed by atoms with van der Waals surface area (Å²) in [6.07, 6.45) is 4.10. The standard InChI is InChI=1S/C18H36N2O2S/c1-15-10-16(12-18(2,3)11-15)22-14-17(23)13-20-6-4-19(5-7-20)8-9-21/h15-17,21,23H,4-14H2,1-3H3/t15-,16-,17+/m1/s1. The fourth-order valence-corrected chi connectivity index (χ4v) is 4.64. The van der Waals surface area contributed by atoms with E-state index in [9.17, 15) is 0 Å². The van der Waals surface area contributed by atoms with Gasteiger partial charge in [0, 0.05) is 44.5 Å². The van der Waals surface area contributed by atoms with Crippen molar-refractivity contribution in [2.24, 2.45) is 11.3 Å². The molecule has 0 aromatic carbocycles. The van der Waals surface area contributed by atoms with Crippen molar-refractivity contribution in [1.29, 1.82) is 0 Å². The van der Waals surface area contributed by atoms with Gasteiger partial charge in [-0.25, -0.2) is 0 Å². The van der Waals surface area contributed by atoms with Gasteiger partial charge in [-0.05, 0) is 30.6 Å². The topological polar surface area (TPSA) is 35.9 Å². The number of ether oxygens (including phenoxy) is 1. The number of hydrogen-bond acceptors (Lipinski definition) is 5. The normalized spacial score (nSPS) is 31.2. The van der Waals surface area contributed by atoms with Crippen molar-refractivity contribution in [1.82, 2.24) is 9.80 Å². The van der Waals surface area contributed by atoms with Crippen molar-refractivity contribution in [3.05, 3.63) is 0 Å². The lowest BCUT2D eigenvalue weighted by molar-refractivity contribution is -0.0244. The highest BCUT2D eigenvalue weighted by atomic mass is 32.1. The lowest BCUT2D eigenvalue weighted by Crippen LogP contribution is -2.49. The smallest absolute Gasteiger partial charge is 0.0598 e. The Balaban J connectivity index is 1.64. The number of aliphatic hydroxyl groups is 1. The number of rotatable bonds is 7. The molecule has 1 aliphatic carbocycles. The Morgan fingerprint density at radius 2 is 1.83 bits per heavy atom. The molecule has 1 saturated carbocycles. The van der Waals surface area contributed by atoms with E-state index in [4.69, 9.17) is 22.5 Å². The Labute approximate surface area is 148 Å². The highest BCUT2D eigenvalue weighted by molar-refractivity contribution is 7.81. The van der Waals surface area contributed by atoms with E-state index in [1.165, 1.54) is 19.3 Å². The monoisotopic (exact) mass is 344 g/mol. The zero-order chi connectivity index (χ0) is 16.9. The highest BCUT2D eigenvalue weighted by Crippen LogP contribution is 2.39. The Hall–Kier alpha value is 0.190. The Bertz CT molecular complexity index is 346. The zero-order valence-corrected chi connectivity index (χ0v) is 16.1. The van der Waals surface area contributed by atoms with Gasteiger partial charge >= 0.3 is 0 Å².